The fourth-order valence-electron chi connectivity index (χ4n) is 2.63. The zero-order chi connectivity index (χ0) is 23.2. The minimum Gasteiger partial charge on any atom is -0.369 e. The van der Waals surface area contributed by atoms with Crippen molar-refractivity contribution in [3.05, 3.63) is 78.3 Å². The van der Waals surface area contributed by atoms with E-state index in [-0.39, 0.29) is 11.8 Å². The molecule has 0 saturated heterocycles. The summed E-state index contributed by atoms with van der Waals surface area (Å²) in [6.45, 7) is 15.8. The zero-order valence-corrected chi connectivity index (χ0v) is 19.4. The third-order valence-electron chi connectivity index (χ3n) is 4.06. The lowest BCUT2D eigenvalue weighted by Gasteiger charge is -2.27. The summed E-state index contributed by atoms with van der Waals surface area (Å²) >= 11 is 0. The van der Waals surface area contributed by atoms with Crippen LogP contribution in [-0.4, -0.2) is 29.3 Å². The van der Waals surface area contributed by atoms with Crippen molar-refractivity contribution < 1.29 is 4.39 Å². The Balaban J connectivity index is 0.00000151. The van der Waals surface area contributed by atoms with Crippen molar-refractivity contribution in [2.75, 3.05) is 6.54 Å². The number of halogens is 1. The number of amidine groups is 1. The SMILES string of the molecule is C=C(CN(Cc1ccccc1)C(C)C)NC(N)=NC(C)=Nc1ccc(F)cc1.CCC. The quantitative estimate of drug-likeness (QED) is 0.447. The maximum atomic E-state index is 13.0. The third kappa shape index (κ3) is 11.1. The van der Waals surface area contributed by atoms with Crippen molar-refractivity contribution >= 4 is 17.5 Å². The van der Waals surface area contributed by atoms with Crippen LogP contribution in [0.2, 0.25) is 0 Å². The average molecular weight is 426 g/mol. The van der Waals surface area contributed by atoms with Crippen LogP contribution in [0.4, 0.5) is 10.1 Å². The van der Waals surface area contributed by atoms with Crippen molar-refractivity contribution in [2.45, 2.75) is 53.6 Å². The van der Waals surface area contributed by atoms with Gasteiger partial charge in [-0.15, -0.1) is 0 Å². The van der Waals surface area contributed by atoms with Crippen molar-refractivity contribution in [2.24, 2.45) is 15.7 Å². The number of guanidine groups is 1. The number of hydrogen-bond donors (Lipinski definition) is 2. The first-order chi connectivity index (χ1) is 14.7. The lowest BCUT2D eigenvalue weighted by Crippen LogP contribution is -2.39. The Kier molecular flexibility index (Phi) is 11.8. The molecule has 0 amide bonds. The summed E-state index contributed by atoms with van der Waals surface area (Å²) in [5.41, 5.74) is 8.58. The first-order valence-electron chi connectivity index (χ1n) is 10.6. The topological polar surface area (TPSA) is 66.0 Å². The van der Waals surface area contributed by atoms with Crippen LogP contribution >= 0.6 is 0 Å². The molecule has 0 unspecified atom stereocenters. The van der Waals surface area contributed by atoms with Gasteiger partial charge >= 0.3 is 0 Å². The summed E-state index contributed by atoms with van der Waals surface area (Å²) in [5, 5.41) is 3.03. The van der Waals surface area contributed by atoms with Gasteiger partial charge in [0.2, 0.25) is 0 Å². The summed E-state index contributed by atoms with van der Waals surface area (Å²) in [5.74, 6) is 0.383. The summed E-state index contributed by atoms with van der Waals surface area (Å²) in [6, 6.07) is 16.5. The van der Waals surface area contributed by atoms with E-state index in [1.54, 1.807) is 19.1 Å². The molecule has 168 valence electrons. The molecular formula is C25H36FN5. The second kappa shape index (κ2) is 14.1. The van der Waals surface area contributed by atoms with Crippen LogP contribution in [0, 0.1) is 5.82 Å². The van der Waals surface area contributed by atoms with E-state index in [4.69, 9.17) is 5.73 Å². The van der Waals surface area contributed by atoms with Gasteiger partial charge in [0.05, 0.1) is 5.69 Å². The van der Waals surface area contributed by atoms with Crippen molar-refractivity contribution in [1.29, 1.82) is 0 Å². The van der Waals surface area contributed by atoms with Gasteiger partial charge in [-0.25, -0.2) is 14.4 Å². The molecule has 0 aliphatic rings. The molecule has 0 aromatic heterocycles. The van der Waals surface area contributed by atoms with E-state index in [0.717, 1.165) is 12.2 Å². The Morgan fingerprint density at radius 2 is 1.68 bits per heavy atom. The van der Waals surface area contributed by atoms with E-state index < -0.39 is 0 Å². The lowest BCUT2D eigenvalue weighted by molar-refractivity contribution is 0.230. The molecule has 5 nitrogen and oxygen atoms in total. The fourth-order valence-corrected chi connectivity index (χ4v) is 2.63. The van der Waals surface area contributed by atoms with E-state index in [2.05, 4.69) is 66.6 Å². The summed E-state index contributed by atoms with van der Waals surface area (Å²) < 4.78 is 13.0. The summed E-state index contributed by atoms with van der Waals surface area (Å²) in [7, 11) is 0. The number of nitrogens with two attached hydrogens (primary N) is 1. The predicted molar refractivity (Wildman–Crippen MR) is 131 cm³/mol. The molecule has 0 radical (unpaired) electrons. The van der Waals surface area contributed by atoms with Gasteiger partial charge in [-0.2, -0.15) is 0 Å². The first-order valence-corrected chi connectivity index (χ1v) is 10.6. The highest BCUT2D eigenvalue weighted by Crippen LogP contribution is 2.13. The molecule has 0 bridgehead atoms. The van der Waals surface area contributed by atoms with Gasteiger partial charge in [0.1, 0.15) is 11.7 Å². The maximum absolute atomic E-state index is 13.0. The molecule has 0 aliphatic heterocycles. The highest BCUT2D eigenvalue weighted by Gasteiger charge is 2.12. The minimum absolute atomic E-state index is 0.219. The summed E-state index contributed by atoms with van der Waals surface area (Å²) in [4.78, 5) is 10.8. The molecule has 0 spiro atoms. The molecule has 0 saturated carbocycles. The molecule has 2 rings (SSSR count). The van der Waals surface area contributed by atoms with Crippen LogP contribution < -0.4 is 11.1 Å². The zero-order valence-electron chi connectivity index (χ0n) is 19.4. The molecule has 0 aliphatic carbocycles. The smallest absolute Gasteiger partial charge is 0.199 e. The second-order valence-electron chi connectivity index (χ2n) is 7.55. The van der Waals surface area contributed by atoms with Crippen LogP contribution in [0.5, 0.6) is 0 Å². The molecule has 0 heterocycles. The largest absolute Gasteiger partial charge is 0.369 e. The van der Waals surface area contributed by atoms with Gasteiger partial charge in [0.25, 0.3) is 0 Å². The first kappa shape index (κ1) is 26.0. The Hall–Kier alpha value is -2.99. The van der Waals surface area contributed by atoms with E-state index in [0.29, 0.717) is 24.1 Å². The fraction of sp³-hybridized carbons (Fsp3) is 0.360. The molecule has 6 heteroatoms. The molecule has 2 aromatic carbocycles. The number of rotatable bonds is 7. The average Bonchev–Trinajstić information content (AvgIpc) is 2.70. The highest BCUT2D eigenvalue weighted by molar-refractivity contribution is 5.95. The Bertz CT molecular complexity index is 842. The van der Waals surface area contributed by atoms with Gasteiger partial charge in [-0.1, -0.05) is 57.2 Å². The second-order valence-corrected chi connectivity index (χ2v) is 7.55. The maximum Gasteiger partial charge on any atom is 0.199 e. The molecular weight excluding hydrogens is 389 g/mol. The molecule has 3 N–H and O–H groups in total. The Morgan fingerprint density at radius 3 is 2.23 bits per heavy atom. The van der Waals surface area contributed by atoms with E-state index >= 15 is 0 Å². The predicted octanol–water partition coefficient (Wildman–Crippen LogP) is 5.62. The van der Waals surface area contributed by atoms with Gasteiger partial charge in [0, 0.05) is 24.8 Å². The van der Waals surface area contributed by atoms with Crippen molar-refractivity contribution in [1.82, 2.24) is 10.2 Å². The summed E-state index contributed by atoms with van der Waals surface area (Å²) in [6.07, 6.45) is 1.25. The number of nitrogens with one attached hydrogen (secondary N) is 1. The van der Waals surface area contributed by atoms with Crippen LogP contribution in [0.15, 0.2) is 76.9 Å². The van der Waals surface area contributed by atoms with E-state index in [9.17, 15) is 4.39 Å². The number of hydrogen-bond acceptors (Lipinski definition) is 2. The monoisotopic (exact) mass is 425 g/mol. The normalized spacial score (nSPS) is 11.9. The van der Waals surface area contributed by atoms with Crippen molar-refractivity contribution in [3.63, 3.8) is 0 Å². The van der Waals surface area contributed by atoms with Crippen LogP contribution in [-0.2, 0) is 6.54 Å². The van der Waals surface area contributed by atoms with E-state index in [1.807, 2.05) is 18.2 Å². The van der Waals surface area contributed by atoms with Crippen LogP contribution in [0.25, 0.3) is 0 Å². The van der Waals surface area contributed by atoms with Crippen molar-refractivity contribution in [3.8, 4) is 0 Å². The van der Waals surface area contributed by atoms with Gasteiger partial charge < -0.3 is 11.1 Å². The highest BCUT2D eigenvalue weighted by atomic mass is 19.1. The van der Waals surface area contributed by atoms with Crippen LogP contribution in [0.1, 0.15) is 46.6 Å². The lowest BCUT2D eigenvalue weighted by atomic mass is 10.2. The van der Waals surface area contributed by atoms with E-state index in [1.165, 1.54) is 24.1 Å². The number of aliphatic imine (C=N–C) groups is 2. The third-order valence-corrected chi connectivity index (χ3v) is 4.06. The van der Waals surface area contributed by atoms with Gasteiger partial charge in [0.15, 0.2) is 5.96 Å². The standard InChI is InChI=1S/C22H28FN5.C3H8/c1-16(2)28(15-19-8-6-5-7-9-19)14-17(3)25-22(24)27-18(4)26-21-12-10-20(23)11-13-21;1-3-2/h5-13,16H,3,14-15H2,1-2,4H3,(H3,24,25,26,27);3H2,1-2H3. The number of benzene rings is 2. The molecule has 2 aromatic rings. The minimum atomic E-state index is -0.303. The Labute approximate surface area is 186 Å². The Morgan fingerprint density at radius 1 is 1.10 bits per heavy atom. The molecule has 0 atom stereocenters. The van der Waals surface area contributed by atoms with Gasteiger partial charge in [-0.3, -0.25) is 4.90 Å². The molecule has 31 heavy (non-hydrogen) atoms. The molecule has 0 fully saturated rings. The number of nitrogens with zero attached hydrogens (tertiary/aromatic N) is 3. The van der Waals surface area contributed by atoms with Gasteiger partial charge in [-0.05, 0) is 50.6 Å². The van der Waals surface area contributed by atoms with Crippen LogP contribution in [0.3, 0.4) is 0 Å².